The molecule has 1 unspecified atom stereocenters. The number of methoxy groups -OCH3 is 3. The minimum atomic E-state index is -5.06. The third kappa shape index (κ3) is 4.42. The molecule has 0 bridgehead atoms. The Morgan fingerprint density at radius 1 is 0.950 bits per heavy atom. The number of nitrogens with zero attached hydrogens (tertiary/aromatic N) is 1. The molecule has 3 aromatic carbocycles. The van der Waals surface area contributed by atoms with Crippen LogP contribution in [0.4, 0.5) is 23.7 Å². The average molecular weight is 601 g/mol. The number of benzene rings is 3. The Labute approximate surface area is 231 Å². The van der Waals surface area contributed by atoms with Crippen molar-refractivity contribution in [1.29, 1.82) is 0 Å². The first-order valence-corrected chi connectivity index (χ1v) is 12.9. The van der Waals surface area contributed by atoms with E-state index in [0.717, 1.165) is 13.2 Å². The molecule has 2 amide bonds. The van der Waals surface area contributed by atoms with E-state index in [1.165, 1.54) is 50.6 Å². The van der Waals surface area contributed by atoms with Crippen LogP contribution in [0.15, 0.2) is 59.5 Å². The van der Waals surface area contributed by atoms with Gasteiger partial charge in [0.05, 0.1) is 43.2 Å². The Bertz CT molecular complexity index is 1630. The summed E-state index contributed by atoms with van der Waals surface area (Å²) in [7, 11) is -1.39. The number of sulfonamides is 1. The molecule has 1 aliphatic rings. The predicted molar refractivity (Wildman–Crippen MR) is 135 cm³/mol. The SMILES string of the molecule is COc1ccc(S(=O)(=O)N2C(=O)C(OC(N)=O)(c3ccccc3OC)c3cc(Cl)c(C(F)(F)F)cc32)c(OC)c1. The van der Waals surface area contributed by atoms with Gasteiger partial charge in [-0.3, -0.25) is 4.79 Å². The van der Waals surface area contributed by atoms with Crippen molar-refractivity contribution >= 4 is 39.3 Å². The van der Waals surface area contributed by atoms with Crippen molar-refractivity contribution in [1.82, 2.24) is 0 Å². The van der Waals surface area contributed by atoms with Gasteiger partial charge in [0.2, 0.25) is 5.60 Å². The molecule has 1 heterocycles. The number of carbonyl (C=O) groups excluding carboxylic acids is 2. The number of hydrogen-bond acceptors (Lipinski definition) is 8. The number of rotatable bonds is 7. The molecule has 212 valence electrons. The summed E-state index contributed by atoms with van der Waals surface area (Å²) in [5.41, 5.74) is -0.358. The highest BCUT2D eigenvalue weighted by atomic mass is 35.5. The van der Waals surface area contributed by atoms with E-state index in [1.807, 2.05) is 0 Å². The summed E-state index contributed by atoms with van der Waals surface area (Å²) in [5, 5.41) is -0.896. The molecule has 15 heteroatoms. The number of ether oxygens (including phenoxy) is 4. The van der Waals surface area contributed by atoms with Crippen LogP contribution in [0.25, 0.3) is 0 Å². The van der Waals surface area contributed by atoms with E-state index in [9.17, 15) is 31.2 Å². The van der Waals surface area contributed by atoms with Crippen molar-refractivity contribution in [3.05, 3.63) is 76.3 Å². The van der Waals surface area contributed by atoms with Crippen LogP contribution in [-0.2, 0) is 31.3 Å². The highest BCUT2D eigenvalue weighted by Crippen LogP contribution is 2.54. The zero-order chi connectivity index (χ0) is 29.6. The molecule has 3 aromatic rings. The van der Waals surface area contributed by atoms with Crippen LogP contribution >= 0.6 is 11.6 Å². The van der Waals surface area contributed by atoms with Crippen LogP contribution in [0.2, 0.25) is 5.02 Å². The lowest BCUT2D eigenvalue weighted by atomic mass is 9.86. The van der Waals surface area contributed by atoms with E-state index in [1.54, 1.807) is 0 Å². The standard InChI is InChI=1S/C25H20ClF3N2O8S/c1-36-13-8-9-21(20(10-13)38-3)40(34,35)31-18-12-15(25(27,28)29)17(26)11-16(18)24(22(31)32,39-23(30)33)14-6-4-5-7-19(14)37-2/h4-12H,1-3H3,(H2,30,33). The van der Waals surface area contributed by atoms with Gasteiger partial charge in [-0.1, -0.05) is 29.8 Å². The Morgan fingerprint density at radius 2 is 1.60 bits per heavy atom. The van der Waals surface area contributed by atoms with Crippen molar-refractivity contribution in [3.8, 4) is 17.2 Å². The molecular formula is C25H20ClF3N2O8S. The fourth-order valence-corrected chi connectivity index (χ4v) is 6.28. The van der Waals surface area contributed by atoms with Crippen LogP contribution in [0.1, 0.15) is 16.7 Å². The summed E-state index contributed by atoms with van der Waals surface area (Å²) in [6.45, 7) is 0. The van der Waals surface area contributed by atoms with Crippen molar-refractivity contribution in [2.75, 3.05) is 25.6 Å². The van der Waals surface area contributed by atoms with E-state index < -0.39 is 60.5 Å². The van der Waals surface area contributed by atoms with E-state index in [0.29, 0.717) is 12.1 Å². The van der Waals surface area contributed by atoms with E-state index >= 15 is 0 Å². The molecule has 40 heavy (non-hydrogen) atoms. The molecule has 0 saturated carbocycles. The second-order valence-electron chi connectivity index (χ2n) is 8.24. The highest BCUT2D eigenvalue weighted by Gasteiger charge is 2.61. The number of halogens is 4. The van der Waals surface area contributed by atoms with Crippen LogP contribution in [0, 0.1) is 0 Å². The molecule has 4 rings (SSSR count). The number of carbonyl (C=O) groups is 2. The van der Waals surface area contributed by atoms with E-state index in [-0.39, 0.29) is 27.1 Å². The molecular weight excluding hydrogens is 581 g/mol. The molecule has 1 atom stereocenters. The Hall–Kier alpha value is -4.17. The van der Waals surface area contributed by atoms with Gasteiger partial charge in [0.15, 0.2) is 0 Å². The zero-order valence-electron chi connectivity index (χ0n) is 20.9. The predicted octanol–water partition coefficient (Wildman–Crippen LogP) is 4.46. The summed E-state index contributed by atoms with van der Waals surface area (Å²) in [5.74, 6) is -1.65. The lowest BCUT2D eigenvalue weighted by molar-refractivity contribution is -0.137. The summed E-state index contributed by atoms with van der Waals surface area (Å²) in [6, 6.07) is 10.1. The summed E-state index contributed by atoms with van der Waals surface area (Å²) in [6.07, 6.45) is -6.59. The fourth-order valence-electron chi connectivity index (χ4n) is 4.42. The summed E-state index contributed by atoms with van der Waals surface area (Å²) < 4.78 is 90.8. The first-order valence-electron chi connectivity index (χ1n) is 11.1. The van der Waals surface area contributed by atoms with Crippen LogP contribution < -0.4 is 24.2 Å². The second kappa shape index (κ2) is 10.1. The number of nitrogens with two attached hydrogens (primary N) is 1. The van der Waals surface area contributed by atoms with Gasteiger partial charge in [-0.2, -0.15) is 17.5 Å². The van der Waals surface area contributed by atoms with Crippen molar-refractivity contribution in [2.24, 2.45) is 5.73 Å². The monoisotopic (exact) mass is 600 g/mol. The molecule has 0 radical (unpaired) electrons. The van der Waals surface area contributed by atoms with Gasteiger partial charge in [0, 0.05) is 11.6 Å². The number of amides is 2. The zero-order valence-corrected chi connectivity index (χ0v) is 22.5. The molecule has 0 aliphatic carbocycles. The fraction of sp³-hybridized carbons (Fsp3) is 0.200. The number of para-hydroxylation sites is 1. The maximum atomic E-state index is 14.3. The number of alkyl halides is 3. The minimum Gasteiger partial charge on any atom is -0.497 e. The Morgan fingerprint density at radius 3 is 2.17 bits per heavy atom. The number of anilines is 1. The molecule has 2 N–H and O–H groups in total. The van der Waals surface area contributed by atoms with Crippen molar-refractivity contribution < 1.29 is 50.1 Å². The third-order valence-corrected chi connectivity index (χ3v) is 8.15. The molecule has 0 spiro atoms. The largest absolute Gasteiger partial charge is 0.497 e. The van der Waals surface area contributed by atoms with E-state index in [2.05, 4.69) is 0 Å². The lowest BCUT2D eigenvalue weighted by Gasteiger charge is -2.29. The smallest absolute Gasteiger partial charge is 0.417 e. The summed E-state index contributed by atoms with van der Waals surface area (Å²) in [4.78, 5) is 25.9. The average Bonchev–Trinajstić information content (AvgIpc) is 3.14. The molecule has 0 aromatic heterocycles. The molecule has 0 saturated heterocycles. The topological polar surface area (TPSA) is 134 Å². The maximum Gasteiger partial charge on any atom is 0.417 e. The van der Waals surface area contributed by atoms with Crippen molar-refractivity contribution in [2.45, 2.75) is 16.7 Å². The Balaban J connectivity index is 2.14. The van der Waals surface area contributed by atoms with Crippen LogP contribution in [0.3, 0.4) is 0 Å². The first kappa shape index (κ1) is 28.8. The van der Waals surface area contributed by atoms with E-state index in [4.69, 9.17) is 36.3 Å². The molecule has 0 fully saturated rings. The minimum absolute atomic E-state index is 0.0691. The van der Waals surface area contributed by atoms with Crippen LogP contribution in [0.5, 0.6) is 17.2 Å². The van der Waals surface area contributed by atoms with Gasteiger partial charge in [-0.05, 0) is 30.3 Å². The third-order valence-electron chi connectivity index (χ3n) is 6.10. The van der Waals surface area contributed by atoms with Crippen molar-refractivity contribution in [3.63, 3.8) is 0 Å². The van der Waals surface area contributed by atoms with Gasteiger partial charge in [-0.25, -0.2) is 13.2 Å². The highest BCUT2D eigenvalue weighted by molar-refractivity contribution is 7.93. The maximum absolute atomic E-state index is 14.3. The molecule has 10 nitrogen and oxygen atoms in total. The van der Waals surface area contributed by atoms with Crippen LogP contribution in [-0.4, -0.2) is 41.7 Å². The van der Waals surface area contributed by atoms with Gasteiger partial charge >= 0.3 is 12.3 Å². The van der Waals surface area contributed by atoms with Gasteiger partial charge in [0.25, 0.3) is 15.9 Å². The quantitative estimate of drug-likeness (QED) is 0.420. The second-order valence-corrected chi connectivity index (χ2v) is 10.4. The molecule has 1 aliphatic heterocycles. The summed E-state index contributed by atoms with van der Waals surface area (Å²) >= 11 is 5.99. The van der Waals surface area contributed by atoms with Gasteiger partial charge in [-0.15, -0.1) is 0 Å². The number of primary amides is 1. The lowest BCUT2D eigenvalue weighted by Crippen LogP contribution is -2.47. The van der Waals surface area contributed by atoms with Gasteiger partial charge in [0.1, 0.15) is 22.1 Å². The number of hydrogen-bond donors (Lipinski definition) is 1. The first-order chi connectivity index (χ1) is 18.7. The Kier molecular flexibility index (Phi) is 7.28. The van der Waals surface area contributed by atoms with Gasteiger partial charge < -0.3 is 24.7 Å². The normalized spacial score (nSPS) is 16.9. The number of fused-ring (bicyclic) bond motifs is 1.